The smallest absolute Gasteiger partial charge is 0.506 e. The van der Waals surface area contributed by atoms with Crippen LogP contribution >= 0.6 is 23.2 Å². The Morgan fingerprint density at radius 3 is 1.20 bits per heavy atom. The first kappa shape index (κ1) is 34.8. The van der Waals surface area contributed by atoms with Crippen LogP contribution in [0.1, 0.15) is 0 Å². The molecule has 6 rings (SSSR count). The van der Waals surface area contributed by atoms with E-state index < -0.39 is 0 Å². The molecular weight excluding hydrogens is 650 g/mol. The first-order valence-electron chi connectivity index (χ1n) is 12.5. The van der Waals surface area contributed by atoms with Crippen LogP contribution in [0.4, 0.5) is 22.7 Å². The second kappa shape index (κ2) is 15.9. The predicted octanol–water partition coefficient (Wildman–Crippen LogP) is 7.64. The molecule has 0 radical (unpaired) electrons. The quantitative estimate of drug-likeness (QED) is 0.113. The van der Waals surface area contributed by atoms with E-state index in [9.17, 15) is 20.4 Å². The summed E-state index contributed by atoms with van der Waals surface area (Å²) in [6.45, 7) is 0. The van der Waals surface area contributed by atoms with Crippen molar-refractivity contribution in [3.63, 3.8) is 0 Å². The van der Waals surface area contributed by atoms with Crippen LogP contribution in [0.25, 0.3) is 21.5 Å². The number of halogens is 2. The van der Waals surface area contributed by atoms with Crippen molar-refractivity contribution in [2.24, 2.45) is 20.5 Å². The standard InChI is InChI=1S/2C16H11ClN2O2.Cr.Na/c2*17-11-6-8-14(20)13(9-11)18-19-16-12-4-2-1-3-10(12)5-7-15(16)21;;/h2*1-9,20-21H;;/q;;;+1. The Balaban J connectivity index is 0.000000230. The van der Waals surface area contributed by atoms with Gasteiger partial charge in [0.05, 0.1) is 0 Å². The minimum absolute atomic E-state index is 0. The second-order valence-electron chi connectivity index (χ2n) is 8.97. The maximum absolute atomic E-state index is 9.97. The number of phenols is 4. The molecule has 214 valence electrons. The van der Waals surface area contributed by atoms with E-state index in [1.54, 1.807) is 36.4 Å². The molecule has 0 aliphatic rings. The van der Waals surface area contributed by atoms with Crippen molar-refractivity contribution in [2.75, 3.05) is 0 Å². The van der Waals surface area contributed by atoms with Crippen molar-refractivity contribution >= 4 is 67.5 Å². The van der Waals surface area contributed by atoms with Gasteiger partial charge in [0.25, 0.3) is 0 Å². The largest absolute Gasteiger partial charge is 1.00 e. The Labute approximate surface area is 295 Å². The van der Waals surface area contributed by atoms with Crippen LogP contribution in [0.5, 0.6) is 23.0 Å². The SMILES string of the molecule is Oc1ccc(Cl)cc1N=Nc1c(O)ccc2ccccc12.Oc1ccc(Cl)cc1N=Nc1c(O)ccc2ccccc12.[Cr].[Na+]. The molecule has 0 unspecified atom stereocenters. The van der Waals surface area contributed by atoms with Gasteiger partial charge in [0.15, 0.2) is 0 Å². The van der Waals surface area contributed by atoms with Gasteiger partial charge in [-0.05, 0) is 59.3 Å². The number of phenolic OH excluding ortho intramolecular Hbond substituents is 4. The average molecular weight is 672 g/mol. The normalized spacial score (nSPS) is 10.8. The fraction of sp³-hybridized carbons (Fsp3) is 0. The van der Waals surface area contributed by atoms with Crippen molar-refractivity contribution in [1.82, 2.24) is 0 Å². The van der Waals surface area contributed by atoms with E-state index in [1.807, 2.05) is 48.5 Å². The predicted molar refractivity (Wildman–Crippen MR) is 166 cm³/mol. The molecule has 44 heavy (non-hydrogen) atoms. The van der Waals surface area contributed by atoms with Gasteiger partial charge in [0, 0.05) is 38.2 Å². The molecule has 0 aliphatic heterocycles. The monoisotopic (exact) mass is 671 g/mol. The third-order valence-electron chi connectivity index (χ3n) is 6.15. The molecule has 6 aromatic rings. The summed E-state index contributed by atoms with van der Waals surface area (Å²) in [5, 5.41) is 59.8. The number of fused-ring (bicyclic) bond motifs is 2. The molecule has 4 N–H and O–H groups in total. The van der Waals surface area contributed by atoms with Gasteiger partial charge >= 0.3 is 29.6 Å². The fourth-order valence-corrected chi connectivity index (χ4v) is 4.39. The van der Waals surface area contributed by atoms with E-state index >= 15 is 0 Å². The molecule has 8 nitrogen and oxygen atoms in total. The van der Waals surface area contributed by atoms with Gasteiger partial charge in [0.2, 0.25) is 0 Å². The van der Waals surface area contributed by atoms with Crippen LogP contribution in [0.2, 0.25) is 10.0 Å². The van der Waals surface area contributed by atoms with Crippen molar-refractivity contribution in [3.05, 3.63) is 119 Å². The zero-order valence-electron chi connectivity index (χ0n) is 23.1. The van der Waals surface area contributed by atoms with Crippen molar-refractivity contribution in [3.8, 4) is 23.0 Å². The molecule has 0 bridgehead atoms. The number of hydrogen-bond donors (Lipinski definition) is 4. The Hall–Kier alpha value is -3.65. The number of benzene rings is 6. The zero-order chi connectivity index (χ0) is 29.6. The Kier molecular flexibility index (Phi) is 12.6. The molecule has 12 heteroatoms. The van der Waals surface area contributed by atoms with Crippen LogP contribution in [-0.2, 0) is 17.4 Å². The number of nitrogens with zero attached hydrogens (tertiary/aromatic N) is 4. The van der Waals surface area contributed by atoms with Gasteiger partial charge < -0.3 is 20.4 Å². The van der Waals surface area contributed by atoms with Gasteiger partial charge in [-0.15, -0.1) is 20.5 Å². The Morgan fingerprint density at radius 1 is 0.432 bits per heavy atom. The van der Waals surface area contributed by atoms with Crippen molar-refractivity contribution in [1.29, 1.82) is 0 Å². The number of rotatable bonds is 4. The van der Waals surface area contributed by atoms with Crippen molar-refractivity contribution < 1.29 is 67.3 Å². The summed E-state index contributed by atoms with van der Waals surface area (Å²) in [4.78, 5) is 0. The van der Waals surface area contributed by atoms with Crippen LogP contribution in [0.15, 0.2) is 130 Å². The van der Waals surface area contributed by atoms with Gasteiger partial charge in [-0.3, -0.25) is 0 Å². The summed E-state index contributed by atoms with van der Waals surface area (Å²) >= 11 is 11.7. The molecule has 6 aromatic carbocycles. The zero-order valence-corrected chi connectivity index (χ0v) is 27.9. The van der Waals surface area contributed by atoms with Gasteiger partial charge in [0.1, 0.15) is 45.7 Å². The van der Waals surface area contributed by atoms with Gasteiger partial charge in [-0.2, -0.15) is 0 Å². The molecule has 0 saturated heterocycles. The summed E-state index contributed by atoms with van der Waals surface area (Å²) in [6.07, 6.45) is 0. The van der Waals surface area contributed by atoms with E-state index in [0.29, 0.717) is 21.4 Å². The third kappa shape index (κ3) is 8.29. The molecule has 0 heterocycles. The number of hydrogen-bond acceptors (Lipinski definition) is 8. The fourth-order valence-electron chi connectivity index (χ4n) is 4.06. The van der Waals surface area contributed by atoms with E-state index in [0.717, 1.165) is 21.5 Å². The first-order chi connectivity index (χ1) is 20.3. The molecule has 0 fully saturated rings. The molecule has 0 saturated carbocycles. The maximum Gasteiger partial charge on any atom is 1.00 e. The summed E-state index contributed by atoms with van der Waals surface area (Å²) in [5.74, 6) is 0.00342. The minimum atomic E-state index is -0.0251. The van der Waals surface area contributed by atoms with Crippen LogP contribution in [0, 0.1) is 0 Å². The molecule has 0 spiro atoms. The molecular formula is C32H22Cl2CrN4NaO4+. The Bertz CT molecular complexity index is 1850. The van der Waals surface area contributed by atoms with Gasteiger partial charge in [-0.1, -0.05) is 83.9 Å². The molecule has 0 aliphatic carbocycles. The molecule has 0 atom stereocenters. The summed E-state index contributed by atoms with van der Waals surface area (Å²) < 4.78 is 0. The second-order valence-corrected chi connectivity index (χ2v) is 9.85. The minimum Gasteiger partial charge on any atom is -0.506 e. The van der Waals surface area contributed by atoms with E-state index in [-0.39, 0.29) is 81.3 Å². The van der Waals surface area contributed by atoms with Gasteiger partial charge in [-0.25, -0.2) is 0 Å². The first-order valence-corrected chi connectivity index (χ1v) is 13.3. The number of azo groups is 2. The maximum atomic E-state index is 9.97. The van der Waals surface area contributed by atoms with E-state index in [2.05, 4.69) is 20.5 Å². The molecule has 0 amide bonds. The number of aromatic hydroxyl groups is 4. The van der Waals surface area contributed by atoms with Crippen molar-refractivity contribution in [2.45, 2.75) is 0 Å². The van der Waals surface area contributed by atoms with Crippen LogP contribution < -0.4 is 29.6 Å². The van der Waals surface area contributed by atoms with Crippen LogP contribution in [-0.4, -0.2) is 20.4 Å². The Morgan fingerprint density at radius 2 is 0.795 bits per heavy atom. The van der Waals surface area contributed by atoms with E-state index in [1.165, 1.54) is 24.3 Å². The topological polar surface area (TPSA) is 130 Å². The van der Waals surface area contributed by atoms with E-state index in [4.69, 9.17) is 23.2 Å². The summed E-state index contributed by atoms with van der Waals surface area (Å²) in [6, 6.07) is 30.8. The third-order valence-corrected chi connectivity index (χ3v) is 6.62. The average Bonchev–Trinajstić information content (AvgIpc) is 2.99. The molecule has 0 aromatic heterocycles. The summed E-state index contributed by atoms with van der Waals surface area (Å²) in [5.41, 5.74) is 1.20. The van der Waals surface area contributed by atoms with Crippen LogP contribution in [0.3, 0.4) is 0 Å². The summed E-state index contributed by atoms with van der Waals surface area (Å²) in [7, 11) is 0.